The number of esters is 1. The van der Waals surface area contributed by atoms with Gasteiger partial charge >= 0.3 is 5.97 Å². The van der Waals surface area contributed by atoms with E-state index in [-0.39, 0.29) is 24.9 Å². The summed E-state index contributed by atoms with van der Waals surface area (Å²) in [5, 5.41) is 0. The summed E-state index contributed by atoms with van der Waals surface area (Å²) in [5.41, 5.74) is 7.56. The van der Waals surface area contributed by atoms with Crippen LogP contribution in [0.4, 0.5) is 5.69 Å². The second-order valence-corrected chi connectivity index (χ2v) is 5.50. The molecule has 0 saturated carbocycles. The van der Waals surface area contributed by atoms with Crippen molar-refractivity contribution in [2.75, 3.05) is 26.0 Å². The lowest BCUT2D eigenvalue weighted by Crippen LogP contribution is -2.31. The van der Waals surface area contributed by atoms with E-state index in [1.807, 2.05) is 30.3 Å². The van der Waals surface area contributed by atoms with Crippen LogP contribution in [0.1, 0.15) is 22.8 Å². The highest BCUT2D eigenvalue weighted by Gasteiger charge is 2.14. The van der Waals surface area contributed by atoms with Crippen LogP contribution >= 0.6 is 0 Å². The van der Waals surface area contributed by atoms with Crippen LogP contribution in [0, 0.1) is 0 Å². The van der Waals surface area contributed by atoms with E-state index in [9.17, 15) is 9.59 Å². The lowest BCUT2D eigenvalue weighted by Gasteiger charge is -2.18. The Labute approximate surface area is 147 Å². The zero-order valence-electron chi connectivity index (χ0n) is 14.4. The minimum absolute atomic E-state index is 0.167. The van der Waals surface area contributed by atoms with Crippen LogP contribution in [0.25, 0.3) is 0 Å². The normalized spacial score (nSPS) is 10.2. The maximum Gasteiger partial charge on any atom is 0.338 e. The van der Waals surface area contributed by atoms with Crippen molar-refractivity contribution in [2.24, 2.45) is 0 Å². The molecule has 132 valence electrons. The molecule has 0 aliphatic heterocycles. The van der Waals surface area contributed by atoms with Gasteiger partial charge in [0.2, 0.25) is 0 Å². The first-order chi connectivity index (χ1) is 12.0. The minimum Gasteiger partial charge on any atom is -0.482 e. The van der Waals surface area contributed by atoms with Crippen LogP contribution in [0.15, 0.2) is 48.5 Å². The zero-order chi connectivity index (χ0) is 18.2. The number of hydrogen-bond donors (Lipinski definition) is 1. The fourth-order valence-electron chi connectivity index (χ4n) is 2.20. The van der Waals surface area contributed by atoms with E-state index in [2.05, 4.69) is 0 Å². The Bertz CT molecular complexity index is 731. The van der Waals surface area contributed by atoms with Crippen LogP contribution in [-0.4, -0.2) is 37.0 Å². The van der Waals surface area contributed by atoms with Gasteiger partial charge in [0.1, 0.15) is 5.75 Å². The monoisotopic (exact) mass is 342 g/mol. The Morgan fingerprint density at radius 1 is 1.12 bits per heavy atom. The Balaban J connectivity index is 1.96. The highest BCUT2D eigenvalue weighted by molar-refractivity contribution is 5.90. The fraction of sp³-hybridized carbons (Fsp3) is 0.263. The van der Waals surface area contributed by atoms with Crippen LogP contribution in [-0.2, 0) is 16.1 Å². The van der Waals surface area contributed by atoms with E-state index in [4.69, 9.17) is 15.2 Å². The molecule has 0 aliphatic rings. The summed E-state index contributed by atoms with van der Waals surface area (Å²) in [6.45, 7) is 2.33. The van der Waals surface area contributed by atoms with Crippen molar-refractivity contribution >= 4 is 17.6 Å². The van der Waals surface area contributed by atoms with Crippen molar-refractivity contribution in [2.45, 2.75) is 13.5 Å². The zero-order valence-corrected chi connectivity index (χ0v) is 14.4. The van der Waals surface area contributed by atoms with Crippen molar-refractivity contribution in [1.29, 1.82) is 0 Å². The van der Waals surface area contributed by atoms with Crippen molar-refractivity contribution in [3.05, 3.63) is 59.7 Å². The highest BCUT2D eigenvalue weighted by Crippen LogP contribution is 2.23. The lowest BCUT2D eigenvalue weighted by molar-refractivity contribution is -0.132. The molecule has 0 aliphatic carbocycles. The fourth-order valence-corrected chi connectivity index (χ4v) is 2.20. The molecule has 1 amide bonds. The molecule has 0 spiro atoms. The summed E-state index contributed by atoms with van der Waals surface area (Å²) in [7, 11) is 1.71. The molecule has 25 heavy (non-hydrogen) atoms. The number of carbonyl (C=O) groups is 2. The molecule has 0 fully saturated rings. The molecule has 0 unspecified atom stereocenters. The summed E-state index contributed by atoms with van der Waals surface area (Å²) < 4.78 is 10.4. The molecule has 2 aromatic rings. The molecule has 2 rings (SSSR count). The van der Waals surface area contributed by atoms with Gasteiger partial charge in [0.15, 0.2) is 6.61 Å². The number of likely N-dealkylation sites (N-methyl/N-ethyl adjacent to an activating group) is 1. The van der Waals surface area contributed by atoms with Gasteiger partial charge in [-0.2, -0.15) is 0 Å². The number of hydrogen-bond acceptors (Lipinski definition) is 5. The first-order valence-corrected chi connectivity index (χ1v) is 7.98. The number of nitrogens with two attached hydrogens (primary N) is 1. The van der Waals surface area contributed by atoms with Crippen molar-refractivity contribution < 1.29 is 19.1 Å². The maximum absolute atomic E-state index is 12.2. The third-order valence-electron chi connectivity index (χ3n) is 3.56. The minimum atomic E-state index is -0.458. The average molecular weight is 342 g/mol. The second kappa shape index (κ2) is 8.73. The summed E-state index contributed by atoms with van der Waals surface area (Å²) in [6.07, 6.45) is 0. The molecule has 0 radical (unpaired) electrons. The third-order valence-corrected chi connectivity index (χ3v) is 3.56. The van der Waals surface area contributed by atoms with Crippen LogP contribution < -0.4 is 10.5 Å². The van der Waals surface area contributed by atoms with Gasteiger partial charge in [-0.3, -0.25) is 4.79 Å². The van der Waals surface area contributed by atoms with Crippen LogP contribution in [0.2, 0.25) is 0 Å². The van der Waals surface area contributed by atoms with E-state index in [0.717, 1.165) is 5.56 Å². The molecule has 0 bridgehead atoms. The Morgan fingerprint density at radius 3 is 2.52 bits per heavy atom. The van der Waals surface area contributed by atoms with E-state index in [1.165, 1.54) is 6.07 Å². The van der Waals surface area contributed by atoms with E-state index < -0.39 is 5.97 Å². The van der Waals surface area contributed by atoms with Gasteiger partial charge in [-0.05, 0) is 30.7 Å². The van der Waals surface area contributed by atoms with Crippen molar-refractivity contribution in [3.8, 4) is 5.75 Å². The van der Waals surface area contributed by atoms with Gasteiger partial charge in [0.05, 0.1) is 17.9 Å². The number of benzene rings is 2. The summed E-state index contributed by atoms with van der Waals surface area (Å²) in [4.78, 5) is 25.6. The molecule has 0 saturated heterocycles. The molecule has 0 aromatic heterocycles. The highest BCUT2D eigenvalue weighted by atomic mass is 16.5. The van der Waals surface area contributed by atoms with E-state index in [1.54, 1.807) is 31.0 Å². The number of carbonyl (C=O) groups excluding carboxylic acids is 2. The summed E-state index contributed by atoms with van der Waals surface area (Å²) in [5.74, 6) is -0.364. The number of nitrogens with zero attached hydrogens (tertiary/aromatic N) is 1. The summed E-state index contributed by atoms with van der Waals surface area (Å²) >= 11 is 0. The Kier molecular flexibility index (Phi) is 6.39. The quantitative estimate of drug-likeness (QED) is 0.617. The second-order valence-electron chi connectivity index (χ2n) is 5.50. The smallest absolute Gasteiger partial charge is 0.338 e. The average Bonchev–Trinajstić information content (AvgIpc) is 2.61. The van der Waals surface area contributed by atoms with E-state index >= 15 is 0 Å². The van der Waals surface area contributed by atoms with Crippen molar-refractivity contribution in [3.63, 3.8) is 0 Å². The maximum atomic E-state index is 12.2. The predicted octanol–water partition coefficient (Wildman–Crippen LogP) is 2.48. The molecule has 0 heterocycles. The van der Waals surface area contributed by atoms with Gasteiger partial charge in [-0.25, -0.2) is 4.79 Å². The largest absolute Gasteiger partial charge is 0.482 e. The summed E-state index contributed by atoms with van der Waals surface area (Å²) in [6, 6.07) is 14.3. The lowest BCUT2D eigenvalue weighted by atomic mass is 10.2. The number of amides is 1. The van der Waals surface area contributed by atoms with Crippen LogP contribution in [0.5, 0.6) is 5.75 Å². The van der Waals surface area contributed by atoms with Crippen molar-refractivity contribution in [1.82, 2.24) is 4.90 Å². The molecule has 6 heteroatoms. The number of anilines is 1. The predicted molar refractivity (Wildman–Crippen MR) is 95.2 cm³/mol. The molecule has 2 aromatic carbocycles. The Hall–Kier alpha value is -3.02. The van der Waals surface area contributed by atoms with Gasteiger partial charge < -0.3 is 20.1 Å². The molecule has 0 atom stereocenters. The van der Waals surface area contributed by atoms with Gasteiger partial charge in [-0.15, -0.1) is 0 Å². The standard InChI is InChI=1S/C19H22N2O4/c1-3-24-19(23)15-9-10-16(20)17(11-15)25-13-18(22)21(2)12-14-7-5-4-6-8-14/h4-11H,3,12-13,20H2,1-2H3. The molecular weight excluding hydrogens is 320 g/mol. The number of ether oxygens (including phenoxy) is 2. The van der Waals surface area contributed by atoms with Gasteiger partial charge in [0, 0.05) is 13.6 Å². The van der Waals surface area contributed by atoms with E-state index in [0.29, 0.717) is 17.8 Å². The third kappa shape index (κ3) is 5.24. The molecular formula is C19H22N2O4. The first-order valence-electron chi connectivity index (χ1n) is 7.98. The first kappa shape index (κ1) is 18.3. The van der Waals surface area contributed by atoms with Crippen LogP contribution in [0.3, 0.4) is 0 Å². The number of rotatable bonds is 7. The van der Waals surface area contributed by atoms with Gasteiger partial charge in [-0.1, -0.05) is 30.3 Å². The Morgan fingerprint density at radius 2 is 1.84 bits per heavy atom. The van der Waals surface area contributed by atoms with Gasteiger partial charge in [0.25, 0.3) is 5.91 Å². The SMILES string of the molecule is CCOC(=O)c1ccc(N)c(OCC(=O)N(C)Cc2ccccc2)c1. The topological polar surface area (TPSA) is 81.9 Å². The number of nitrogen functional groups attached to an aromatic ring is 1. The molecule has 2 N–H and O–H groups in total. The molecule has 6 nitrogen and oxygen atoms in total.